The lowest BCUT2D eigenvalue weighted by atomic mass is 10.2. The number of fused-ring (bicyclic) bond motifs is 1. The summed E-state index contributed by atoms with van der Waals surface area (Å²) in [6, 6.07) is 3.87. The molecule has 0 unspecified atom stereocenters. The van der Waals surface area contributed by atoms with E-state index in [1.54, 1.807) is 4.52 Å². The van der Waals surface area contributed by atoms with Crippen LogP contribution in [0.4, 0.5) is 0 Å². The first-order valence-electron chi connectivity index (χ1n) is 3.96. The molecule has 1 N–H and O–H groups in total. The summed E-state index contributed by atoms with van der Waals surface area (Å²) >= 11 is 0. The van der Waals surface area contributed by atoms with E-state index in [4.69, 9.17) is 0 Å². The van der Waals surface area contributed by atoms with Crippen LogP contribution >= 0.6 is 0 Å². The predicted octanol–water partition coefficient (Wildman–Crippen LogP) is 1.60. The van der Waals surface area contributed by atoms with Crippen molar-refractivity contribution in [3.63, 3.8) is 0 Å². The zero-order chi connectivity index (χ0) is 8.55. The lowest BCUT2D eigenvalue weighted by Crippen LogP contribution is -1.89. The minimum absolute atomic E-state index is 0.234. The first-order valence-corrected chi connectivity index (χ1v) is 3.96. The largest absolute Gasteiger partial charge is 0.504 e. The fourth-order valence-corrected chi connectivity index (χ4v) is 1.22. The molecule has 0 spiro atoms. The van der Waals surface area contributed by atoms with Gasteiger partial charge in [-0.1, -0.05) is 13.0 Å². The first-order chi connectivity index (χ1) is 5.81. The zero-order valence-electron chi connectivity index (χ0n) is 6.86. The van der Waals surface area contributed by atoms with Crippen molar-refractivity contribution < 1.29 is 5.11 Å². The number of aromatic nitrogens is 2. The van der Waals surface area contributed by atoms with E-state index in [0.717, 1.165) is 11.9 Å². The van der Waals surface area contributed by atoms with Gasteiger partial charge in [0.15, 0.2) is 5.75 Å². The van der Waals surface area contributed by atoms with Crippen molar-refractivity contribution in [1.82, 2.24) is 9.61 Å². The SMILES string of the molecule is CCc1ccc2c(O)cnn2c1. The molecule has 2 rings (SSSR count). The van der Waals surface area contributed by atoms with E-state index in [1.165, 1.54) is 11.8 Å². The lowest BCUT2D eigenvalue weighted by Gasteiger charge is -1.97. The van der Waals surface area contributed by atoms with Crippen molar-refractivity contribution in [2.24, 2.45) is 0 Å². The fraction of sp³-hybridized carbons (Fsp3) is 0.222. The molecule has 2 heterocycles. The van der Waals surface area contributed by atoms with E-state index >= 15 is 0 Å². The monoisotopic (exact) mass is 162 g/mol. The minimum Gasteiger partial charge on any atom is -0.504 e. The summed E-state index contributed by atoms with van der Waals surface area (Å²) in [5.74, 6) is 0.234. The molecule has 0 saturated carbocycles. The summed E-state index contributed by atoms with van der Waals surface area (Å²) in [5.41, 5.74) is 1.97. The highest BCUT2D eigenvalue weighted by Crippen LogP contribution is 2.17. The normalized spacial score (nSPS) is 10.8. The standard InChI is InChI=1S/C9H10N2O/c1-2-7-3-4-8-9(12)5-10-11(8)6-7/h3-6,12H,2H2,1H3. The predicted molar refractivity (Wildman–Crippen MR) is 46.2 cm³/mol. The second-order valence-corrected chi connectivity index (χ2v) is 2.75. The van der Waals surface area contributed by atoms with E-state index in [0.29, 0.717) is 0 Å². The van der Waals surface area contributed by atoms with Gasteiger partial charge in [-0.2, -0.15) is 5.10 Å². The number of pyridine rings is 1. The maximum Gasteiger partial charge on any atom is 0.161 e. The van der Waals surface area contributed by atoms with Gasteiger partial charge in [-0.15, -0.1) is 0 Å². The lowest BCUT2D eigenvalue weighted by molar-refractivity contribution is 0.481. The van der Waals surface area contributed by atoms with Crippen molar-refractivity contribution in [3.8, 4) is 5.75 Å². The van der Waals surface area contributed by atoms with Gasteiger partial charge in [-0.25, -0.2) is 4.52 Å². The maximum atomic E-state index is 9.29. The highest BCUT2D eigenvalue weighted by atomic mass is 16.3. The molecule has 0 aliphatic heterocycles. The average molecular weight is 162 g/mol. The second kappa shape index (κ2) is 2.52. The third-order valence-corrected chi connectivity index (χ3v) is 1.97. The van der Waals surface area contributed by atoms with Crippen LogP contribution in [-0.4, -0.2) is 14.7 Å². The van der Waals surface area contributed by atoms with Gasteiger partial charge in [-0.05, 0) is 18.1 Å². The van der Waals surface area contributed by atoms with E-state index < -0.39 is 0 Å². The van der Waals surface area contributed by atoms with Crippen molar-refractivity contribution >= 4 is 5.52 Å². The van der Waals surface area contributed by atoms with Gasteiger partial charge in [0, 0.05) is 6.20 Å². The smallest absolute Gasteiger partial charge is 0.161 e. The zero-order valence-corrected chi connectivity index (χ0v) is 6.86. The topological polar surface area (TPSA) is 37.5 Å². The van der Waals surface area contributed by atoms with Crippen LogP contribution in [0.3, 0.4) is 0 Å². The quantitative estimate of drug-likeness (QED) is 0.691. The Bertz CT molecular complexity index is 406. The van der Waals surface area contributed by atoms with Gasteiger partial charge in [0.1, 0.15) is 5.52 Å². The second-order valence-electron chi connectivity index (χ2n) is 2.75. The van der Waals surface area contributed by atoms with Gasteiger partial charge in [0.25, 0.3) is 0 Å². The summed E-state index contributed by atoms with van der Waals surface area (Å²) in [7, 11) is 0. The van der Waals surface area contributed by atoms with Crippen LogP contribution in [0.25, 0.3) is 5.52 Å². The summed E-state index contributed by atoms with van der Waals surface area (Å²) in [5, 5.41) is 13.3. The molecule has 0 fully saturated rings. The number of nitrogens with zero attached hydrogens (tertiary/aromatic N) is 2. The molecule has 0 radical (unpaired) electrons. The van der Waals surface area contributed by atoms with Crippen molar-refractivity contribution in [1.29, 1.82) is 0 Å². The number of hydrogen-bond donors (Lipinski definition) is 1. The molecule has 12 heavy (non-hydrogen) atoms. The van der Waals surface area contributed by atoms with Crippen LogP contribution < -0.4 is 0 Å². The van der Waals surface area contributed by atoms with E-state index in [1.807, 2.05) is 18.3 Å². The summed E-state index contributed by atoms with van der Waals surface area (Å²) in [6.45, 7) is 2.09. The highest BCUT2D eigenvalue weighted by molar-refractivity contribution is 5.58. The fourth-order valence-electron chi connectivity index (χ4n) is 1.22. The van der Waals surface area contributed by atoms with Crippen molar-refractivity contribution in [2.45, 2.75) is 13.3 Å². The Morgan fingerprint density at radius 2 is 2.33 bits per heavy atom. The van der Waals surface area contributed by atoms with Crippen LogP contribution in [0.5, 0.6) is 5.75 Å². The van der Waals surface area contributed by atoms with Crippen molar-refractivity contribution in [3.05, 3.63) is 30.1 Å². The molecule has 2 aromatic heterocycles. The molecule has 0 aromatic carbocycles. The van der Waals surface area contributed by atoms with E-state index in [-0.39, 0.29) is 5.75 Å². The molecule has 62 valence electrons. The summed E-state index contributed by atoms with van der Waals surface area (Å²) in [4.78, 5) is 0. The Balaban J connectivity index is 2.69. The third kappa shape index (κ3) is 0.942. The van der Waals surface area contributed by atoms with Gasteiger partial charge >= 0.3 is 0 Å². The van der Waals surface area contributed by atoms with Gasteiger partial charge in [-0.3, -0.25) is 0 Å². The molecular weight excluding hydrogens is 152 g/mol. The number of aryl methyl sites for hydroxylation is 1. The number of aromatic hydroxyl groups is 1. The Labute approximate surface area is 70.3 Å². The molecule has 2 aromatic rings. The van der Waals surface area contributed by atoms with Gasteiger partial charge in [0.2, 0.25) is 0 Å². The van der Waals surface area contributed by atoms with Crippen LogP contribution in [-0.2, 0) is 6.42 Å². The van der Waals surface area contributed by atoms with Gasteiger partial charge in [0.05, 0.1) is 6.20 Å². The molecule has 0 bridgehead atoms. The number of hydrogen-bond acceptors (Lipinski definition) is 2. The van der Waals surface area contributed by atoms with E-state index in [2.05, 4.69) is 12.0 Å². The van der Waals surface area contributed by atoms with E-state index in [9.17, 15) is 5.11 Å². The van der Waals surface area contributed by atoms with Crippen LogP contribution in [0.2, 0.25) is 0 Å². The maximum absolute atomic E-state index is 9.29. The van der Waals surface area contributed by atoms with Crippen molar-refractivity contribution in [2.75, 3.05) is 0 Å². The van der Waals surface area contributed by atoms with Crippen LogP contribution in [0, 0.1) is 0 Å². The molecule has 0 atom stereocenters. The molecule has 3 nitrogen and oxygen atoms in total. The minimum atomic E-state index is 0.234. The molecule has 3 heteroatoms. The van der Waals surface area contributed by atoms with Crippen LogP contribution in [0.15, 0.2) is 24.5 Å². The Kier molecular flexibility index (Phi) is 1.50. The summed E-state index contributed by atoms with van der Waals surface area (Å²) < 4.78 is 1.69. The summed E-state index contributed by atoms with van der Waals surface area (Å²) in [6.07, 6.45) is 4.36. The molecule has 0 amide bonds. The highest BCUT2D eigenvalue weighted by Gasteiger charge is 2.00. The molecular formula is C9H10N2O. The Morgan fingerprint density at radius 1 is 1.50 bits per heavy atom. The Morgan fingerprint density at radius 3 is 3.08 bits per heavy atom. The Hall–Kier alpha value is -1.51. The number of rotatable bonds is 1. The molecule has 0 saturated heterocycles. The molecule has 0 aliphatic rings. The third-order valence-electron chi connectivity index (χ3n) is 1.97. The molecule has 0 aliphatic carbocycles. The van der Waals surface area contributed by atoms with Gasteiger partial charge < -0.3 is 5.11 Å². The van der Waals surface area contributed by atoms with Crippen LogP contribution in [0.1, 0.15) is 12.5 Å². The average Bonchev–Trinajstić information content (AvgIpc) is 2.47. The first kappa shape index (κ1) is 7.16.